The zero-order chi connectivity index (χ0) is 12.7. The lowest BCUT2D eigenvalue weighted by Gasteiger charge is -2.37. The Morgan fingerprint density at radius 3 is 2.06 bits per heavy atom. The molecule has 0 saturated carbocycles. The van der Waals surface area contributed by atoms with Gasteiger partial charge in [-0.3, -0.25) is 5.01 Å². The van der Waals surface area contributed by atoms with Crippen LogP contribution >= 0.6 is 0 Å². The molecule has 1 aliphatic rings. The maximum Gasteiger partial charge on any atom is 0.457 e. The minimum Gasteiger partial charge on any atom is -0.332 e. The molecule has 3 nitrogen and oxygen atoms in total. The Labute approximate surface area is 89.5 Å². The van der Waals surface area contributed by atoms with E-state index in [2.05, 4.69) is 5.10 Å². The zero-order valence-electron chi connectivity index (χ0n) is 8.96. The average molecular weight is 245 g/mol. The molecule has 94 valence electrons. The van der Waals surface area contributed by atoms with Crippen molar-refractivity contribution >= 4 is 6.34 Å². The highest BCUT2D eigenvalue weighted by molar-refractivity contribution is 5.58. The molecule has 8 heteroatoms. The summed E-state index contributed by atoms with van der Waals surface area (Å²) in [7, 11) is 1.09. The predicted octanol–water partition coefficient (Wildman–Crippen LogP) is 2.11. The third kappa shape index (κ3) is 1.92. The van der Waals surface area contributed by atoms with Crippen molar-refractivity contribution in [2.75, 3.05) is 7.05 Å². The van der Waals surface area contributed by atoms with Crippen LogP contribution in [0.5, 0.6) is 0 Å². The molecule has 0 fully saturated rings. The van der Waals surface area contributed by atoms with Crippen molar-refractivity contribution < 1.29 is 22.0 Å². The molecule has 1 unspecified atom stereocenters. The molecule has 1 aliphatic heterocycles. The highest BCUT2D eigenvalue weighted by Gasteiger charge is 2.66. The van der Waals surface area contributed by atoms with E-state index < -0.39 is 24.3 Å². The summed E-state index contributed by atoms with van der Waals surface area (Å²) >= 11 is 0. The van der Waals surface area contributed by atoms with E-state index in [9.17, 15) is 22.0 Å². The van der Waals surface area contributed by atoms with Crippen molar-refractivity contribution in [3.63, 3.8) is 0 Å². The Morgan fingerprint density at radius 2 is 1.69 bits per heavy atom. The standard InChI is InChI=1S/C8H12F5N3/c1-5(2)16-4-14-15(3)6(16)7(9,10)8(11,12)13/h4-6H,1-3H3. The largest absolute Gasteiger partial charge is 0.457 e. The van der Waals surface area contributed by atoms with Gasteiger partial charge in [0.15, 0.2) is 6.17 Å². The molecule has 16 heavy (non-hydrogen) atoms. The molecule has 0 N–H and O–H groups in total. The van der Waals surface area contributed by atoms with E-state index in [0.29, 0.717) is 5.01 Å². The first-order chi connectivity index (χ1) is 7.09. The number of rotatable bonds is 2. The van der Waals surface area contributed by atoms with Gasteiger partial charge in [0.05, 0.1) is 0 Å². The lowest BCUT2D eigenvalue weighted by atomic mass is 10.2. The first-order valence-corrected chi connectivity index (χ1v) is 4.58. The van der Waals surface area contributed by atoms with Crippen LogP contribution in [0.3, 0.4) is 0 Å². The first kappa shape index (κ1) is 13.0. The maximum absolute atomic E-state index is 13.2. The van der Waals surface area contributed by atoms with Crippen LogP contribution in [0.1, 0.15) is 13.8 Å². The summed E-state index contributed by atoms with van der Waals surface area (Å²) < 4.78 is 63.1. The average Bonchev–Trinajstić information content (AvgIpc) is 2.45. The van der Waals surface area contributed by atoms with E-state index in [1.54, 1.807) is 0 Å². The van der Waals surface area contributed by atoms with Crippen LogP contribution in [-0.4, -0.2) is 47.6 Å². The third-order valence-corrected chi connectivity index (χ3v) is 2.30. The van der Waals surface area contributed by atoms with E-state index in [-0.39, 0.29) is 0 Å². The van der Waals surface area contributed by atoms with Gasteiger partial charge in [-0.2, -0.15) is 27.1 Å². The first-order valence-electron chi connectivity index (χ1n) is 4.58. The molecule has 0 aromatic carbocycles. The van der Waals surface area contributed by atoms with E-state index in [1.165, 1.54) is 13.8 Å². The minimum absolute atomic E-state index is 0.494. The van der Waals surface area contributed by atoms with Crippen molar-refractivity contribution in [1.82, 2.24) is 9.91 Å². The summed E-state index contributed by atoms with van der Waals surface area (Å²) in [6, 6.07) is -0.494. The van der Waals surface area contributed by atoms with Crippen molar-refractivity contribution in [2.24, 2.45) is 5.10 Å². The monoisotopic (exact) mass is 245 g/mol. The normalized spacial score (nSPS) is 22.4. The highest BCUT2D eigenvalue weighted by atomic mass is 19.4. The molecule has 0 aliphatic carbocycles. The molecule has 0 spiro atoms. The van der Waals surface area contributed by atoms with Crippen LogP contribution in [0.25, 0.3) is 0 Å². The molecule has 0 saturated heterocycles. The van der Waals surface area contributed by atoms with Crippen molar-refractivity contribution in [3.8, 4) is 0 Å². The van der Waals surface area contributed by atoms with Gasteiger partial charge in [0.1, 0.15) is 6.34 Å². The number of hydrazone groups is 1. The Bertz CT molecular complexity index is 286. The summed E-state index contributed by atoms with van der Waals surface area (Å²) in [5, 5.41) is 4.07. The summed E-state index contributed by atoms with van der Waals surface area (Å²) in [5.74, 6) is -4.83. The van der Waals surface area contributed by atoms with Crippen LogP contribution in [0.4, 0.5) is 22.0 Å². The van der Waals surface area contributed by atoms with E-state index >= 15 is 0 Å². The summed E-state index contributed by atoms with van der Waals surface area (Å²) in [6.07, 6.45) is -6.71. The van der Waals surface area contributed by atoms with Gasteiger partial charge in [0.2, 0.25) is 0 Å². The molecule has 1 rings (SSSR count). The molecule has 0 radical (unpaired) electrons. The minimum atomic E-state index is -5.59. The predicted molar refractivity (Wildman–Crippen MR) is 48.0 cm³/mol. The van der Waals surface area contributed by atoms with E-state index in [0.717, 1.165) is 18.3 Å². The molecule has 0 bridgehead atoms. The molecule has 1 heterocycles. The highest BCUT2D eigenvalue weighted by Crippen LogP contribution is 2.42. The second-order valence-electron chi connectivity index (χ2n) is 3.84. The third-order valence-electron chi connectivity index (χ3n) is 2.30. The van der Waals surface area contributed by atoms with Crippen LogP contribution in [0.15, 0.2) is 5.10 Å². The van der Waals surface area contributed by atoms with Gasteiger partial charge >= 0.3 is 12.1 Å². The van der Waals surface area contributed by atoms with Gasteiger partial charge in [-0.1, -0.05) is 0 Å². The van der Waals surface area contributed by atoms with Crippen molar-refractivity contribution in [2.45, 2.75) is 38.2 Å². The number of alkyl halides is 5. The van der Waals surface area contributed by atoms with Gasteiger partial charge in [-0.25, -0.2) is 0 Å². The van der Waals surface area contributed by atoms with Crippen LogP contribution in [0.2, 0.25) is 0 Å². The number of nitrogens with zero attached hydrogens (tertiary/aromatic N) is 3. The molecule has 0 aromatic heterocycles. The van der Waals surface area contributed by atoms with Gasteiger partial charge in [0, 0.05) is 13.1 Å². The maximum atomic E-state index is 13.2. The molecular weight excluding hydrogens is 233 g/mol. The summed E-state index contributed by atoms with van der Waals surface area (Å²) in [6.45, 7) is 3.04. The van der Waals surface area contributed by atoms with E-state index in [4.69, 9.17) is 0 Å². The Morgan fingerprint density at radius 1 is 1.19 bits per heavy atom. The number of halogens is 5. The summed E-state index contributed by atoms with van der Waals surface area (Å²) in [4.78, 5) is 0.882. The van der Waals surface area contributed by atoms with Crippen molar-refractivity contribution in [1.29, 1.82) is 0 Å². The lowest BCUT2D eigenvalue weighted by molar-refractivity contribution is -0.313. The Kier molecular flexibility index (Phi) is 3.04. The van der Waals surface area contributed by atoms with Crippen LogP contribution in [-0.2, 0) is 0 Å². The topological polar surface area (TPSA) is 18.8 Å². The molecule has 0 aromatic rings. The fraction of sp³-hybridized carbons (Fsp3) is 0.875. The smallest absolute Gasteiger partial charge is 0.332 e. The Hall–Kier alpha value is -1.08. The number of hydrogen-bond acceptors (Lipinski definition) is 3. The van der Waals surface area contributed by atoms with Gasteiger partial charge in [0.25, 0.3) is 0 Å². The summed E-state index contributed by atoms with van der Waals surface area (Å²) in [5.41, 5.74) is 0. The number of hydrogen-bond donors (Lipinski definition) is 0. The Balaban J connectivity index is 3.02. The van der Waals surface area contributed by atoms with E-state index in [1.807, 2.05) is 0 Å². The molecule has 1 atom stereocenters. The fourth-order valence-electron chi connectivity index (χ4n) is 1.44. The van der Waals surface area contributed by atoms with Gasteiger partial charge in [-0.05, 0) is 13.8 Å². The van der Waals surface area contributed by atoms with Gasteiger partial charge < -0.3 is 4.90 Å². The second-order valence-corrected chi connectivity index (χ2v) is 3.84. The molecular formula is C8H12F5N3. The quantitative estimate of drug-likeness (QED) is 0.694. The molecule has 0 amide bonds. The van der Waals surface area contributed by atoms with Crippen LogP contribution in [0, 0.1) is 0 Å². The van der Waals surface area contributed by atoms with Crippen molar-refractivity contribution in [3.05, 3.63) is 0 Å². The lowest BCUT2D eigenvalue weighted by Crippen LogP contribution is -2.59. The SMILES string of the molecule is CC(C)N1C=NN(C)C1C(F)(F)C(F)(F)F. The van der Waals surface area contributed by atoms with Crippen LogP contribution < -0.4 is 0 Å². The zero-order valence-corrected chi connectivity index (χ0v) is 8.96. The van der Waals surface area contributed by atoms with Gasteiger partial charge in [-0.15, -0.1) is 0 Å². The fourth-order valence-corrected chi connectivity index (χ4v) is 1.44. The second kappa shape index (κ2) is 3.74.